The molecule has 0 aliphatic rings. The van der Waals surface area contributed by atoms with E-state index in [1.54, 1.807) is 17.6 Å². The van der Waals surface area contributed by atoms with Crippen molar-refractivity contribution in [3.8, 4) is 11.5 Å². The van der Waals surface area contributed by atoms with E-state index in [1.807, 2.05) is 35.3 Å². The first-order valence-corrected chi connectivity index (χ1v) is 8.93. The number of benzene rings is 1. The lowest BCUT2D eigenvalue weighted by Gasteiger charge is -2.03. The summed E-state index contributed by atoms with van der Waals surface area (Å²) in [5, 5.41) is 6.70. The molecule has 0 bridgehead atoms. The van der Waals surface area contributed by atoms with Gasteiger partial charge in [0.15, 0.2) is 5.76 Å². The second kappa shape index (κ2) is 7.49. The van der Waals surface area contributed by atoms with Gasteiger partial charge in [-0.25, -0.2) is 4.68 Å². The zero-order valence-electron chi connectivity index (χ0n) is 14.7. The maximum Gasteiger partial charge on any atom is 0.206 e. The van der Waals surface area contributed by atoms with Crippen molar-refractivity contribution in [2.45, 2.75) is 20.8 Å². The summed E-state index contributed by atoms with van der Waals surface area (Å²) in [5.41, 5.74) is 5.39. The SMILES string of the molecule is C=C(C)CN=c1scc(-c2ccco2)n1N=Cc1cc(C)ccc1C. The van der Waals surface area contributed by atoms with E-state index in [2.05, 4.69) is 43.6 Å². The summed E-state index contributed by atoms with van der Waals surface area (Å²) < 4.78 is 7.37. The largest absolute Gasteiger partial charge is 0.463 e. The maximum atomic E-state index is 5.55. The molecule has 0 atom stereocenters. The Kier molecular flexibility index (Phi) is 5.14. The molecule has 2 heterocycles. The zero-order valence-corrected chi connectivity index (χ0v) is 15.5. The Balaban J connectivity index is 2.07. The van der Waals surface area contributed by atoms with Crippen LogP contribution in [0.4, 0.5) is 0 Å². The first kappa shape index (κ1) is 17.2. The second-order valence-electron chi connectivity index (χ2n) is 6.07. The second-order valence-corrected chi connectivity index (χ2v) is 6.91. The summed E-state index contributed by atoms with van der Waals surface area (Å²) >= 11 is 1.54. The Morgan fingerprint density at radius 3 is 2.88 bits per heavy atom. The number of hydrogen-bond donors (Lipinski definition) is 0. The van der Waals surface area contributed by atoms with Crippen molar-refractivity contribution in [3.63, 3.8) is 0 Å². The van der Waals surface area contributed by atoms with Crippen molar-refractivity contribution < 1.29 is 4.42 Å². The lowest BCUT2D eigenvalue weighted by Crippen LogP contribution is -2.13. The molecule has 2 aromatic heterocycles. The van der Waals surface area contributed by atoms with Gasteiger partial charge in [-0.15, -0.1) is 11.3 Å². The van der Waals surface area contributed by atoms with E-state index in [9.17, 15) is 0 Å². The molecule has 0 spiro atoms. The minimum Gasteiger partial charge on any atom is -0.463 e. The highest BCUT2D eigenvalue weighted by atomic mass is 32.1. The quantitative estimate of drug-likeness (QED) is 0.481. The summed E-state index contributed by atoms with van der Waals surface area (Å²) in [4.78, 5) is 5.43. The van der Waals surface area contributed by atoms with Crippen molar-refractivity contribution in [3.05, 3.63) is 75.6 Å². The minimum absolute atomic E-state index is 0.580. The molecule has 25 heavy (non-hydrogen) atoms. The van der Waals surface area contributed by atoms with Gasteiger partial charge in [-0.2, -0.15) is 5.10 Å². The summed E-state index contributed by atoms with van der Waals surface area (Å²) in [6, 6.07) is 10.1. The number of rotatable bonds is 5. The molecule has 128 valence electrons. The van der Waals surface area contributed by atoms with E-state index in [0.29, 0.717) is 6.54 Å². The van der Waals surface area contributed by atoms with E-state index in [1.165, 1.54) is 11.1 Å². The number of aromatic nitrogens is 1. The highest BCUT2D eigenvalue weighted by Gasteiger charge is 2.09. The zero-order chi connectivity index (χ0) is 17.8. The van der Waals surface area contributed by atoms with E-state index >= 15 is 0 Å². The fourth-order valence-electron chi connectivity index (χ4n) is 2.34. The third-order valence-electron chi connectivity index (χ3n) is 3.69. The fraction of sp³-hybridized carbons (Fsp3) is 0.200. The number of thiazole rings is 1. The van der Waals surface area contributed by atoms with Crippen LogP contribution >= 0.6 is 11.3 Å². The van der Waals surface area contributed by atoms with Crippen LogP contribution in [0.3, 0.4) is 0 Å². The Bertz CT molecular complexity index is 975. The topological polar surface area (TPSA) is 42.8 Å². The molecule has 1 aromatic carbocycles. The summed E-state index contributed by atoms with van der Waals surface area (Å²) in [5.74, 6) is 0.770. The third kappa shape index (κ3) is 4.06. The predicted molar refractivity (Wildman–Crippen MR) is 104 cm³/mol. The molecule has 5 heteroatoms. The van der Waals surface area contributed by atoms with Crippen molar-refractivity contribution in [2.75, 3.05) is 6.54 Å². The molecule has 0 radical (unpaired) electrons. The highest BCUT2D eigenvalue weighted by molar-refractivity contribution is 7.07. The van der Waals surface area contributed by atoms with Crippen LogP contribution in [0.15, 0.2) is 68.6 Å². The van der Waals surface area contributed by atoms with E-state index in [4.69, 9.17) is 9.52 Å². The van der Waals surface area contributed by atoms with Gasteiger partial charge in [-0.05, 0) is 44.0 Å². The molecule has 0 fully saturated rings. The van der Waals surface area contributed by atoms with Gasteiger partial charge >= 0.3 is 0 Å². The smallest absolute Gasteiger partial charge is 0.206 e. The monoisotopic (exact) mass is 351 g/mol. The molecular formula is C20H21N3OS. The summed E-state index contributed by atoms with van der Waals surface area (Å²) in [7, 11) is 0. The van der Waals surface area contributed by atoms with E-state index in [-0.39, 0.29) is 0 Å². The van der Waals surface area contributed by atoms with Crippen molar-refractivity contribution >= 4 is 17.6 Å². The Morgan fingerprint density at radius 2 is 2.16 bits per heavy atom. The molecule has 0 saturated carbocycles. The highest BCUT2D eigenvalue weighted by Crippen LogP contribution is 2.20. The predicted octanol–water partition coefficient (Wildman–Crippen LogP) is 4.79. The third-order valence-corrected chi connectivity index (χ3v) is 4.54. The van der Waals surface area contributed by atoms with Crippen molar-refractivity contribution in [2.24, 2.45) is 10.1 Å². The molecule has 3 rings (SSSR count). The maximum absolute atomic E-state index is 5.55. The first-order chi connectivity index (χ1) is 12.0. The van der Waals surface area contributed by atoms with E-state index < -0.39 is 0 Å². The fourth-order valence-corrected chi connectivity index (χ4v) is 3.15. The molecule has 4 nitrogen and oxygen atoms in total. The van der Waals surface area contributed by atoms with Crippen LogP contribution in [0, 0.1) is 13.8 Å². The van der Waals surface area contributed by atoms with Crippen LogP contribution in [-0.4, -0.2) is 17.4 Å². The first-order valence-electron chi connectivity index (χ1n) is 8.05. The molecule has 0 saturated heterocycles. The van der Waals surface area contributed by atoms with E-state index in [0.717, 1.165) is 27.4 Å². The standard InChI is InChI=1S/C20H21N3OS/c1-14(2)11-21-20-23(18(13-25-20)19-6-5-9-24-19)22-12-17-10-15(3)7-8-16(17)4/h5-10,12-13H,1,11H2,2-4H3. The Labute approximate surface area is 151 Å². The van der Waals surface area contributed by atoms with Crippen LogP contribution in [0.2, 0.25) is 0 Å². The summed E-state index contributed by atoms with van der Waals surface area (Å²) in [6.07, 6.45) is 3.54. The van der Waals surface area contributed by atoms with Crippen molar-refractivity contribution in [1.29, 1.82) is 0 Å². The van der Waals surface area contributed by atoms with Crippen LogP contribution in [0.25, 0.3) is 11.5 Å². The molecule has 0 amide bonds. The van der Waals surface area contributed by atoms with Gasteiger partial charge in [0.05, 0.1) is 19.0 Å². The average Bonchev–Trinajstić information content (AvgIpc) is 3.22. The lowest BCUT2D eigenvalue weighted by molar-refractivity contribution is 0.575. The minimum atomic E-state index is 0.580. The van der Waals surface area contributed by atoms with Gasteiger partial charge in [0.25, 0.3) is 0 Å². The Morgan fingerprint density at radius 1 is 1.32 bits per heavy atom. The lowest BCUT2D eigenvalue weighted by atomic mass is 10.1. The molecule has 0 unspecified atom stereocenters. The van der Waals surface area contributed by atoms with Crippen LogP contribution < -0.4 is 4.80 Å². The van der Waals surface area contributed by atoms with Crippen LogP contribution in [-0.2, 0) is 0 Å². The van der Waals surface area contributed by atoms with Gasteiger partial charge in [0.2, 0.25) is 4.80 Å². The average molecular weight is 351 g/mol. The van der Waals surface area contributed by atoms with Crippen LogP contribution in [0.1, 0.15) is 23.6 Å². The number of furan rings is 1. The Hall–Kier alpha value is -2.66. The molecule has 0 aliphatic carbocycles. The number of hydrogen-bond acceptors (Lipinski definition) is 4. The molecular weight excluding hydrogens is 330 g/mol. The number of nitrogens with zero attached hydrogens (tertiary/aromatic N) is 3. The molecule has 0 aliphatic heterocycles. The number of aryl methyl sites for hydroxylation is 2. The van der Waals surface area contributed by atoms with Gasteiger partial charge in [-0.3, -0.25) is 4.99 Å². The normalized spacial score (nSPS) is 12.2. The molecule has 3 aromatic rings. The van der Waals surface area contributed by atoms with Gasteiger partial charge < -0.3 is 4.42 Å². The summed E-state index contributed by atoms with van der Waals surface area (Å²) in [6.45, 7) is 10.6. The van der Waals surface area contributed by atoms with Crippen molar-refractivity contribution in [1.82, 2.24) is 4.68 Å². The van der Waals surface area contributed by atoms with Gasteiger partial charge in [0, 0.05) is 5.38 Å². The van der Waals surface area contributed by atoms with Gasteiger partial charge in [-0.1, -0.05) is 35.9 Å². The molecule has 0 N–H and O–H groups in total. The van der Waals surface area contributed by atoms with Crippen LogP contribution in [0.5, 0.6) is 0 Å². The van der Waals surface area contributed by atoms with Gasteiger partial charge in [0.1, 0.15) is 5.69 Å².